The quantitative estimate of drug-likeness (QED) is 0.622. The van der Waals surface area contributed by atoms with Crippen molar-refractivity contribution >= 4 is 16.9 Å². The summed E-state index contributed by atoms with van der Waals surface area (Å²) in [6.45, 7) is 10.1. The first-order chi connectivity index (χ1) is 11.4. The van der Waals surface area contributed by atoms with Crippen molar-refractivity contribution in [2.75, 3.05) is 0 Å². The smallest absolute Gasteiger partial charge is 0.339 e. The molecule has 0 bridgehead atoms. The van der Waals surface area contributed by atoms with E-state index in [0.717, 1.165) is 29.4 Å². The van der Waals surface area contributed by atoms with E-state index in [2.05, 4.69) is 13.8 Å². The van der Waals surface area contributed by atoms with Gasteiger partial charge in [0.05, 0.1) is 11.1 Å². The average Bonchev–Trinajstić information content (AvgIpc) is 2.53. The number of aromatic nitrogens is 1. The van der Waals surface area contributed by atoms with Crippen molar-refractivity contribution in [2.45, 2.75) is 71.8 Å². The van der Waals surface area contributed by atoms with Gasteiger partial charge in [-0.1, -0.05) is 44.9 Å². The molecule has 2 aromatic rings. The van der Waals surface area contributed by atoms with E-state index >= 15 is 0 Å². The average molecular weight is 327 g/mol. The van der Waals surface area contributed by atoms with Crippen LogP contribution in [-0.4, -0.2) is 16.6 Å². The van der Waals surface area contributed by atoms with Gasteiger partial charge in [0, 0.05) is 17.0 Å². The molecule has 0 aliphatic carbocycles. The second-order valence-electron chi connectivity index (χ2n) is 7.36. The van der Waals surface area contributed by atoms with E-state index in [1.165, 1.54) is 12.8 Å². The second-order valence-corrected chi connectivity index (χ2v) is 7.36. The highest BCUT2D eigenvalue weighted by molar-refractivity contribution is 6.03. The Morgan fingerprint density at radius 1 is 1.21 bits per heavy atom. The molecule has 0 saturated heterocycles. The third kappa shape index (κ3) is 4.56. The summed E-state index contributed by atoms with van der Waals surface area (Å²) >= 11 is 0. The number of unbranched alkanes of at least 4 members (excludes halogenated alkanes) is 1. The molecule has 1 unspecified atom stereocenters. The Labute approximate surface area is 145 Å². The number of carbonyl (C=O) groups excluding carboxylic acids is 1. The fourth-order valence-corrected chi connectivity index (χ4v) is 2.92. The summed E-state index contributed by atoms with van der Waals surface area (Å²) in [5, 5.41) is 0.862. The Kier molecular flexibility index (Phi) is 5.98. The van der Waals surface area contributed by atoms with E-state index in [1.807, 2.05) is 51.1 Å². The lowest BCUT2D eigenvalue weighted by Crippen LogP contribution is -2.24. The van der Waals surface area contributed by atoms with Gasteiger partial charge in [-0.3, -0.25) is 4.98 Å². The van der Waals surface area contributed by atoms with Gasteiger partial charge in [-0.05, 0) is 45.7 Å². The molecule has 0 aliphatic rings. The molecule has 0 saturated carbocycles. The minimum absolute atomic E-state index is 0.271. The maximum absolute atomic E-state index is 12.7. The highest BCUT2D eigenvalue weighted by Crippen LogP contribution is 2.29. The summed E-state index contributed by atoms with van der Waals surface area (Å²) in [6, 6.07) is 9.76. The molecule has 3 nitrogen and oxygen atoms in total. The molecule has 24 heavy (non-hydrogen) atoms. The zero-order chi connectivity index (χ0) is 17.7. The Morgan fingerprint density at radius 3 is 2.54 bits per heavy atom. The molecule has 0 spiro atoms. The van der Waals surface area contributed by atoms with Crippen LogP contribution in [0.4, 0.5) is 0 Å². The van der Waals surface area contributed by atoms with E-state index in [0.29, 0.717) is 11.5 Å². The van der Waals surface area contributed by atoms with Gasteiger partial charge in [0.2, 0.25) is 0 Å². The van der Waals surface area contributed by atoms with Crippen molar-refractivity contribution in [3.05, 3.63) is 41.6 Å². The maximum Gasteiger partial charge on any atom is 0.339 e. The van der Waals surface area contributed by atoms with E-state index in [9.17, 15) is 4.79 Å². The van der Waals surface area contributed by atoms with Gasteiger partial charge in [-0.2, -0.15) is 0 Å². The molecule has 1 atom stereocenters. The normalized spacial score (nSPS) is 13.0. The zero-order valence-electron chi connectivity index (χ0n) is 15.6. The zero-order valence-corrected chi connectivity index (χ0v) is 15.6. The van der Waals surface area contributed by atoms with Gasteiger partial charge in [0.1, 0.15) is 5.60 Å². The minimum Gasteiger partial charge on any atom is -0.456 e. The number of carbonyl (C=O) groups is 1. The molecule has 1 aromatic carbocycles. The minimum atomic E-state index is -0.506. The van der Waals surface area contributed by atoms with Crippen LogP contribution in [0.25, 0.3) is 10.9 Å². The first-order valence-corrected chi connectivity index (χ1v) is 8.98. The lowest BCUT2D eigenvalue weighted by molar-refractivity contribution is 0.00716. The number of rotatable bonds is 6. The van der Waals surface area contributed by atoms with E-state index in [1.54, 1.807) is 0 Å². The molecule has 0 radical (unpaired) electrons. The third-order valence-corrected chi connectivity index (χ3v) is 4.17. The van der Waals surface area contributed by atoms with Crippen molar-refractivity contribution in [2.24, 2.45) is 0 Å². The molecule has 0 amide bonds. The predicted molar refractivity (Wildman–Crippen MR) is 99.5 cm³/mol. The molecule has 1 aromatic heterocycles. The van der Waals surface area contributed by atoms with Crippen molar-refractivity contribution in [1.29, 1.82) is 0 Å². The number of pyridine rings is 1. The van der Waals surface area contributed by atoms with Crippen LogP contribution in [0.15, 0.2) is 30.3 Å². The number of para-hydroxylation sites is 1. The lowest BCUT2D eigenvalue weighted by Gasteiger charge is -2.21. The van der Waals surface area contributed by atoms with Crippen molar-refractivity contribution in [1.82, 2.24) is 4.98 Å². The summed E-state index contributed by atoms with van der Waals surface area (Å²) in [4.78, 5) is 17.5. The van der Waals surface area contributed by atoms with E-state index < -0.39 is 5.60 Å². The van der Waals surface area contributed by atoms with Gasteiger partial charge < -0.3 is 4.74 Å². The number of hydrogen-bond donors (Lipinski definition) is 0. The van der Waals surface area contributed by atoms with E-state index in [4.69, 9.17) is 9.72 Å². The largest absolute Gasteiger partial charge is 0.456 e. The molecule has 1 heterocycles. The number of hydrogen-bond acceptors (Lipinski definition) is 3. The van der Waals surface area contributed by atoms with Gasteiger partial charge in [-0.25, -0.2) is 4.79 Å². The fraction of sp³-hybridized carbons (Fsp3) is 0.524. The molecular formula is C21H29NO2. The number of nitrogens with zero attached hydrogens (tertiary/aromatic N) is 1. The summed E-state index contributed by atoms with van der Waals surface area (Å²) < 4.78 is 5.61. The second kappa shape index (κ2) is 7.78. The number of benzene rings is 1. The van der Waals surface area contributed by atoms with Crippen LogP contribution in [0.1, 0.15) is 82.3 Å². The maximum atomic E-state index is 12.7. The Hall–Kier alpha value is -1.90. The summed E-state index contributed by atoms with van der Waals surface area (Å²) in [5.74, 6) is 0.114. The van der Waals surface area contributed by atoms with Crippen LogP contribution in [0.2, 0.25) is 0 Å². The Morgan fingerprint density at radius 2 is 1.92 bits per heavy atom. The number of ether oxygens (including phenoxy) is 1. The van der Waals surface area contributed by atoms with Gasteiger partial charge >= 0.3 is 5.97 Å². The molecule has 130 valence electrons. The number of esters is 1. The highest BCUT2D eigenvalue weighted by Gasteiger charge is 2.22. The topological polar surface area (TPSA) is 39.2 Å². The predicted octanol–water partition coefficient (Wildman–Crippen LogP) is 5.87. The molecule has 0 fully saturated rings. The first kappa shape index (κ1) is 18.4. The third-order valence-electron chi connectivity index (χ3n) is 4.17. The van der Waals surface area contributed by atoms with Gasteiger partial charge in [-0.15, -0.1) is 0 Å². The van der Waals surface area contributed by atoms with Crippen LogP contribution >= 0.6 is 0 Å². The van der Waals surface area contributed by atoms with Crippen LogP contribution in [0, 0.1) is 0 Å². The molecule has 0 N–H and O–H groups in total. The van der Waals surface area contributed by atoms with Gasteiger partial charge in [0.15, 0.2) is 0 Å². The number of fused-ring (bicyclic) bond motifs is 1. The van der Waals surface area contributed by atoms with Crippen molar-refractivity contribution < 1.29 is 9.53 Å². The Balaban J connectivity index is 2.50. The standard InChI is InChI=1S/C21H29NO2/c1-6-8-11-15(7-2)19-14-17(20(23)24-21(3,4)5)16-12-9-10-13-18(16)22-19/h9-10,12-15H,6-8,11H2,1-5H3. The molecular weight excluding hydrogens is 298 g/mol. The summed E-state index contributed by atoms with van der Waals surface area (Å²) in [5.41, 5.74) is 1.99. The van der Waals surface area contributed by atoms with Crippen LogP contribution in [0.3, 0.4) is 0 Å². The molecule has 2 rings (SSSR count). The van der Waals surface area contributed by atoms with Crippen molar-refractivity contribution in [3.8, 4) is 0 Å². The van der Waals surface area contributed by atoms with Crippen LogP contribution in [-0.2, 0) is 4.74 Å². The molecule has 0 aliphatic heterocycles. The van der Waals surface area contributed by atoms with Crippen molar-refractivity contribution in [3.63, 3.8) is 0 Å². The summed E-state index contributed by atoms with van der Waals surface area (Å²) in [7, 11) is 0. The van der Waals surface area contributed by atoms with Crippen LogP contribution < -0.4 is 0 Å². The fourth-order valence-electron chi connectivity index (χ4n) is 2.92. The van der Waals surface area contributed by atoms with Gasteiger partial charge in [0.25, 0.3) is 0 Å². The highest BCUT2D eigenvalue weighted by atomic mass is 16.6. The summed E-state index contributed by atoms with van der Waals surface area (Å²) in [6.07, 6.45) is 4.48. The first-order valence-electron chi connectivity index (χ1n) is 8.98. The monoisotopic (exact) mass is 327 g/mol. The Bertz CT molecular complexity index is 701. The lowest BCUT2D eigenvalue weighted by atomic mass is 9.93. The van der Waals surface area contributed by atoms with E-state index in [-0.39, 0.29) is 5.97 Å². The SMILES string of the molecule is CCCCC(CC)c1cc(C(=O)OC(C)(C)C)c2ccccc2n1. The van der Waals surface area contributed by atoms with Crippen LogP contribution in [0.5, 0.6) is 0 Å². The molecule has 3 heteroatoms.